The third-order valence-corrected chi connectivity index (χ3v) is 2.38. The van der Waals surface area contributed by atoms with Crippen molar-refractivity contribution in [3.8, 4) is 23.8 Å². The Hall–Kier alpha value is -1.95. The zero-order valence-electron chi connectivity index (χ0n) is 8.81. The van der Waals surface area contributed by atoms with Crippen molar-refractivity contribution in [1.29, 1.82) is 0 Å². The summed E-state index contributed by atoms with van der Waals surface area (Å²) in [4.78, 5) is 11.7. The molecule has 0 saturated heterocycles. The summed E-state index contributed by atoms with van der Waals surface area (Å²) >= 11 is 0. The van der Waals surface area contributed by atoms with Gasteiger partial charge in [-0.05, 0) is 12.1 Å². The molecule has 3 nitrogen and oxygen atoms in total. The largest absolute Gasteiger partial charge is 0.485 e. The minimum Gasteiger partial charge on any atom is -0.485 e. The SMILES string of the molecule is C#CCCC(=O)C1COc2ccccc2O1. The predicted molar refractivity (Wildman–Crippen MR) is 59.4 cm³/mol. The maximum atomic E-state index is 11.7. The highest BCUT2D eigenvalue weighted by Gasteiger charge is 2.26. The third kappa shape index (κ3) is 2.17. The zero-order valence-corrected chi connectivity index (χ0v) is 8.81. The van der Waals surface area contributed by atoms with Gasteiger partial charge in [0.15, 0.2) is 23.4 Å². The fraction of sp³-hybridized carbons (Fsp3) is 0.308. The number of fused-ring (bicyclic) bond motifs is 1. The number of terminal acetylenes is 1. The average Bonchev–Trinajstić information content (AvgIpc) is 2.35. The second-order valence-corrected chi connectivity index (χ2v) is 3.53. The number of para-hydroxylation sites is 2. The molecule has 1 aromatic carbocycles. The molecule has 1 aromatic rings. The van der Waals surface area contributed by atoms with E-state index < -0.39 is 6.10 Å². The smallest absolute Gasteiger partial charge is 0.190 e. The third-order valence-electron chi connectivity index (χ3n) is 2.38. The van der Waals surface area contributed by atoms with E-state index in [-0.39, 0.29) is 12.4 Å². The molecule has 16 heavy (non-hydrogen) atoms. The summed E-state index contributed by atoms with van der Waals surface area (Å²) in [7, 11) is 0. The van der Waals surface area contributed by atoms with Gasteiger partial charge in [-0.25, -0.2) is 0 Å². The first-order chi connectivity index (χ1) is 7.81. The normalized spacial score (nSPS) is 17.6. The van der Waals surface area contributed by atoms with Crippen LogP contribution in [0.25, 0.3) is 0 Å². The number of Topliss-reactive ketones (excluding diaryl/α,β-unsaturated/α-hetero) is 1. The van der Waals surface area contributed by atoms with Gasteiger partial charge in [0, 0.05) is 12.8 Å². The zero-order chi connectivity index (χ0) is 11.4. The maximum Gasteiger partial charge on any atom is 0.190 e. The number of benzene rings is 1. The number of ketones is 1. The number of rotatable bonds is 3. The van der Waals surface area contributed by atoms with E-state index in [9.17, 15) is 4.79 Å². The maximum absolute atomic E-state index is 11.7. The van der Waals surface area contributed by atoms with E-state index in [1.165, 1.54) is 0 Å². The van der Waals surface area contributed by atoms with Crippen LogP contribution in [-0.2, 0) is 4.79 Å². The molecular weight excluding hydrogens is 204 g/mol. The van der Waals surface area contributed by atoms with Crippen LogP contribution < -0.4 is 9.47 Å². The summed E-state index contributed by atoms with van der Waals surface area (Å²) in [6.07, 6.45) is 5.37. The first-order valence-electron chi connectivity index (χ1n) is 5.16. The van der Waals surface area contributed by atoms with Crippen LogP contribution in [0.5, 0.6) is 11.5 Å². The topological polar surface area (TPSA) is 35.5 Å². The van der Waals surface area contributed by atoms with Crippen LogP contribution in [0.4, 0.5) is 0 Å². The quantitative estimate of drug-likeness (QED) is 0.723. The molecule has 0 saturated carbocycles. The van der Waals surface area contributed by atoms with Crippen molar-refractivity contribution in [1.82, 2.24) is 0 Å². The summed E-state index contributed by atoms with van der Waals surface area (Å²) < 4.78 is 11.0. The second-order valence-electron chi connectivity index (χ2n) is 3.53. The Morgan fingerprint density at radius 3 is 2.94 bits per heavy atom. The average molecular weight is 216 g/mol. The molecule has 0 aliphatic carbocycles. The number of carbonyl (C=O) groups excluding carboxylic acids is 1. The van der Waals surface area contributed by atoms with E-state index >= 15 is 0 Å². The predicted octanol–water partition coefficient (Wildman–Crippen LogP) is 1.81. The highest BCUT2D eigenvalue weighted by molar-refractivity contribution is 5.84. The van der Waals surface area contributed by atoms with Gasteiger partial charge in [-0.1, -0.05) is 12.1 Å². The van der Waals surface area contributed by atoms with Crippen molar-refractivity contribution in [2.45, 2.75) is 18.9 Å². The summed E-state index contributed by atoms with van der Waals surface area (Å²) in [5, 5.41) is 0. The molecule has 0 spiro atoms. The van der Waals surface area contributed by atoms with Crippen molar-refractivity contribution in [2.24, 2.45) is 0 Å². The Morgan fingerprint density at radius 2 is 2.19 bits per heavy atom. The Balaban J connectivity index is 2.03. The van der Waals surface area contributed by atoms with Crippen molar-refractivity contribution < 1.29 is 14.3 Å². The van der Waals surface area contributed by atoms with E-state index in [1.807, 2.05) is 18.2 Å². The molecule has 2 rings (SSSR count). The van der Waals surface area contributed by atoms with Crippen LogP contribution in [0.2, 0.25) is 0 Å². The molecule has 1 heterocycles. The van der Waals surface area contributed by atoms with Crippen LogP contribution >= 0.6 is 0 Å². The van der Waals surface area contributed by atoms with Crippen LogP contribution in [-0.4, -0.2) is 18.5 Å². The molecule has 1 atom stereocenters. The summed E-state index contributed by atoms with van der Waals surface area (Å²) in [6.45, 7) is 0.264. The van der Waals surface area contributed by atoms with E-state index in [0.717, 1.165) is 0 Å². The van der Waals surface area contributed by atoms with Crippen LogP contribution in [0, 0.1) is 12.3 Å². The standard InChI is InChI=1S/C13H12O3/c1-2-3-6-10(14)13-9-15-11-7-4-5-8-12(11)16-13/h1,4-5,7-8,13H,3,6,9H2. The van der Waals surface area contributed by atoms with Gasteiger partial charge >= 0.3 is 0 Å². The molecule has 0 N–H and O–H groups in total. The van der Waals surface area contributed by atoms with Crippen LogP contribution in [0.3, 0.4) is 0 Å². The van der Waals surface area contributed by atoms with Gasteiger partial charge in [-0.3, -0.25) is 4.79 Å². The Labute approximate surface area is 94.4 Å². The highest BCUT2D eigenvalue weighted by atomic mass is 16.6. The number of hydrogen-bond donors (Lipinski definition) is 0. The molecule has 0 radical (unpaired) electrons. The first kappa shape index (κ1) is 10.6. The molecule has 82 valence electrons. The molecule has 3 heteroatoms. The lowest BCUT2D eigenvalue weighted by atomic mass is 10.1. The molecule has 1 aliphatic heterocycles. The van der Waals surface area contributed by atoms with E-state index in [1.54, 1.807) is 6.07 Å². The highest BCUT2D eigenvalue weighted by Crippen LogP contribution is 2.31. The van der Waals surface area contributed by atoms with E-state index in [0.29, 0.717) is 24.3 Å². The molecule has 0 fully saturated rings. The molecule has 1 unspecified atom stereocenters. The lowest BCUT2D eigenvalue weighted by molar-refractivity contribution is -0.128. The molecule has 0 bridgehead atoms. The van der Waals surface area contributed by atoms with Gasteiger partial charge < -0.3 is 9.47 Å². The molecule has 0 amide bonds. The van der Waals surface area contributed by atoms with Crippen molar-refractivity contribution in [2.75, 3.05) is 6.61 Å². The molecule has 0 aromatic heterocycles. The minimum atomic E-state index is -0.525. The first-order valence-corrected chi connectivity index (χ1v) is 5.16. The van der Waals surface area contributed by atoms with Crippen LogP contribution in [0.1, 0.15) is 12.8 Å². The van der Waals surface area contributed by atoms with Crippen LogP contribution in [0.15, 0.2) is 24.3 Å². The van der Waals surface area contributed by atoms with Gasteiger partial charge in [0.2, 0.25) is 0 Å². The molecular formula is C13H12O3. The molecule has 1 aliphatic rings. The van der Waals surface area contributed by atoms with Crippen molar-refractivity contribution in [3.05, 3.63) is 24.3 Å². The summed E-state index contributed by atoms with van der Waals surface area (Å²) in [5.41, 5.74) is 0. The monoisotopic (exact) mass is 216 g/mol. The Kier molecular flexibility index (Phi) is 3.11. The van der Waals surface area contributed by atoms with E-state index in [4.69, 9.17) is 15.9 Å². The Bertz CT molecular complexity index is 431. The van der Waals surface area contributed by atoms with Gasteiger partial charge in [0.25, 0.3) is 0 Å². The lowest BCUT2D eigenvalue weighted by Gasteiger charge is -2.25. The lowest BCUT2D eigenvalue weighted by Crippen LogP contribution is -2.36. The fourth-order valence-corrected chi connectivity index (χ4v) is 1.53. The van der Waals surface area contributed by atoms with Gasteiger partial charge in [0.05, 0.1) is 0 Å². The number of carbonyl (C=O) groups is 1. The van der Waals surface area contributed by atoms with Crippen molar-refractivity contribution in [3.63, 3.8) is 0 Å². The second kappa shape index (κ2) is 4.71. The summed E-state index contributed by atoms with van der Waals surface area (Å²) in [6, 6.07) is 7.31. The minimum absolute atomic E-state index is 0.00699. The van der Waals surface area contributed by atoms with E-state index in [2.05, 4.69) is 5.92 Å². The Morgan fingerprint density at radius 1 is 1.44 bits per heavy atom. The van der Waals surface area contributed by atoms with Gasteiger partial charge in [-0.2, -0.15) is 0 Å². The van der Waals surface area contributed by atoms with Crippen molar-refractivity contribution >= 4 is 5.78 Å². The fourth-order valence-electron chi connectivity index (χ4n) is 1.53. The van der Waals surface area contributed by atoms with Gasteiger partial charge in [-0.15, -0.1) is 12.3 Å². The number of ether oxygens (including phenoxy) is 2. The number of hydrogen-bond acceptors (Lipinski definition) is 3. The summed E-state index contributed by atoms with van der Waals surface area (Å²) in [5.74, 6) is 3.73. The van der Waals surface area contributed by atoms with Gasteiger partial charge in [0.1, 0.15) is 6.61 Å².